The number of nitrogens with zero attached hydrogens (tertiary/aromatic N) is 2. The number of thiophene rings is 3. The largest absolute Gasteiger partial charge is 0.350 e. The van der Waals surface area contributed by atoms with E-state index >= 15 is 0 Å². The fraction of sp³-hybridized carbons (Fsp3) is 0.250. The van der Waals surface area contributed by atoms with Gasteiger partial charge in [0, 0.05) is 58.7 Å². The number of allylic oxidation sites excluding steroid dienone is 6. The van der Waals surface area contributed by atoms with Gasteiger partial charge in [-0.05, 0) is 113 Å². The Balaban J connectivity index is 0.00000106. The lowest BCUT2D eigenvalue weighted by atomic mass is 10.0. The smallest absolute Gasteiger partial charge is 0.184 e. The Bertz CT molecular complexity index is 3480. The molecule has 1 atom stereocenters. The fourth-order valence-corrected chi connectivity index (χ4v) is 13.3. The Hall–Kier alpha value is -6.14. The van der Waals surface area contributed by atoms with Crippen molar-refractivity contribution in [2.75, 3.05) is 36.2 Å². The van der Waals surface area contributed by atoms with Gasteiger partial charge < -0.3 is 28.7 Å². The highest BCUT2D eigenvalue weighted by Gasteiger charge is 2.26. The number of hydrogen-bond acceptors (Lipinski definition) is 9. The molecule has 7 aromatic rings. The third-order valence-corrected chi connectivity index (χ3v) is 16.5. The van der Waals surface area contributed by atoms with Crippen molar-refractivity contribution in [3.05, 3.63) is 206 Å². The zero-order valence-electron chi connectivity index (χ0n) is 42.9. The number of benzene rings is 4. The van der Waals surface area contributed by atoms with Crippen molar-refractivity contribution in [3.63, 3.8) is 0 Å². The quantitative estimate of drug-likeness (QED) is 0.100. The van der Waals surface area contributed by atoms with Crippen LogP contribution in [0.3, 0.4) is 0 Å². The van der Waals surface area contributed by atoms with Crippen LogP contribution in [0.4, 0.5) is 21.4 Å². The van der Waals surface area contributed by atoms with Crippen LogP contribution in [0.25, 0.3) is 50.2 Å². The summed E-state index contributed by atoms with van der Waals surface area (Å²) in [6.07, 6.45) is 29.4. The van der Waals surface area contributed by atoms with Gasteiger partial charge in [-0.2, -0.15) is 0 Å². The molecule has 0 spiro atoms. The molecule has 0 bridgehead atoms. The van der Waals surface area contributed by atoms with Crippen molar-refractivity contribution < 1.29 is 18.9 Å². The van der Waals surface area contributed by atoms with E-state index in [9.17, 15) is 0 Å². The Labute approximate surface area is 443 Å². The minimum atomic E-state index is -0.315. The maximum Gasteiger partial charge on any atom is 0.184 e. The van der Waals surface area contributed by atoms with E-state index in [2.05, 4.69) is 201 Å². The predicted octanol–water partition coefficient (Wildman–Crippen LogP) is 14.7. The Morgan fingerprint density at radius 3 is 2.30 bits per heavy atom. The summed E-state index contributed by atoms with van der Waals surface area (Å²) in [6, 6.07) is 33.8. The van der Waals surface area contributed by atoms with Crippen LogP contribution in [-0.4, -0.2) is 32.7 Å². The first kappa shape index (κ1) is 51.7. The summed E-state index contributed by atoms with van der Waals surface area (Å²) in [5.74, 6) is 0.112. The Morgan fingerprint density at radius 2 is 1.51 bits per heavy atom. The van der Waals surface area contributed by atoms with Gasteiger partial charge in [-0.15, -0.1) is 47.2 Å². The van der Waals surface area contributed by atoms with E-state index in [1.807, 2.05) is 61.7 Å². The van der Waals surface area contributed by atoms with E-state index in [4.69, 9.17) is 18.9 Å². The number of fused-ring (bicyclic) bond motifs is 7. The van der Waals surface area contributed by atoms with Gasteiger partial charge >= 0.3 is 0 Å². The highest BCUT2D eigenvalue weighted by molar-refractivity contribution is 7.23. The molecule has 5 aliphatic rings. The van der Waals surface area contributed by atoms with Gasteiger partial charge in [0.2, 0.25) is 0 Å². The summed E-state index contributed by atoms with van der Waals surface area (Å²) in [5.41, 5.74) is 9.51. The van der Waals surface area contributed by atoms with E-state index < -0.39 is 0 Å². The van der Waals surface area contributed by atoms with E-state index in [0.29, 0.717) is 26.4 Å². The number of rotatable bonds is 10. The molecule has 0 N–H and O–H groups in total. The SMILES string of the molecule is C/C=C(\C=C/C(C)C1OCCO1)N(c1cc2cc3sc4c(c3cc2s1)C=c1sc(N(C2=c3ccccc3=CCC=C2)c2ccc(C3OCCO3)cc2)cc1=CC4)c1cccc2c1CC=CC=C2.C=C.CC.CC. The molecule has 5 heterocycles. The average molecular weight is 1020 g/mol. The van der Waals surface area contributed by atoms with E-state index in [1.165, 1.54) is 77.6 Å². The molecule has 3 aromatic heterocycles. The molecule has 1 unspecified atom stereocenters. The van der Waals surface area contributed by atoms with E-state index in [1.54, 1.807) is 0 Å². The third kappa shape index (κ3) is 10.8. The van der Waals surface area contributed by atoms with Crippen molar-refractivity contribution in [2.45, 2.75) is 73.4 Å². The van der Waals surface area contributed by atoms with Gasteiger partial charge in [0.05, 0.1) is 37.8 Å². The fourth-order valence-electron chi connectivity index (χ4n) is 9.82. The van der Waals surface area contributed by atoms with Gasteiger partial charge in [0.15, 0.2) is 12.6 Å². The lowest BCUT2D eigenvalue weighted by Crippen LogP contribution is -2.31. The second-order valence-corrected chi connectivity index (χ2v) is 20.7. The van der Waals surface area contributed by atoms with Crippen molar-refractivity contribution in [3.8, 4) is 0 Å². The lowest BCUT2D eigenvalue weighted by molar-refractivity contribution is -0.0657. The molecule has 4 aromatic carbocycles. The zero-order chi connectivity index (χ0) is 50.8. The molecule has 3 aliphatic carbocycles. The highest BCUT2D eigenvalue weighted by Crippen LogP contribution is 2.45. The molecular formula is C64H66N2O4S3. The molecule has 0 amide bonds. The minimum Gasteiger partial charge on any atom is -0.350 e. The van der Waals surface area contributed by atoms with Crippen molar-refractivity contribution >= 4 is 106 Å². The molecular weight excluding hydrogens is 957 g/mol. The molecule has 12 rings (SSSR count). The summed E-state index contributed by atoms with van der Waals surface area (Å²) >= 11 is 5.66. The second kappa shape index (κ2) is 24.3. The van der Waals surface area contributed by atoms with Crippen LogP contribution < -0.4 is 30.0 Å². The summed E-state index contributed by atoms with van der Waals surface area (Å²) in [5, 5.41) is 8.69. The first-order valence-electron chi connectivity index (χ1n) is 25.8. The summed E-state index contributed by atoms with van der Waals surface area (Å²) in [6.45, 7) is 20.8. The van der Waals surface area contributed by atoms with E-state index in [-0.39, 0.29) is 18.5 Å². The van der Waals surface area contributed by atoms with Crippen molar-refractivity contribution in [2.24, 2.45) is 5.92 Å². The van der Waals surface area contributed by atoms with Gasteiger partial charge in [-0.25, -0.2) is 0 Å². The molecule has 0 radical (unpaired) electrons. The molecule has 2 saturated heterocycles. The minimum absolute atomic E-state index is 0.112. The van der Waals surface area contributed by atoms with Crippen LogP contribution in [0.5, 0.6) is 0 Å². The molecule has 2 fully saturated rings. The number of anilines is 4. The predicted molar refractivity (Wildman–Crippen MR) is 315 cm³/mol. The average Bonchev–Trinajstić information content (AvgIpc) is 4.30. The number of hydrogen-bond donors (Lipinski definition) is 0. The van der Waals surface area contributed by atoms with Crippen LogP contribution in [0.15, 0.2) is 158 Å². The Morgan fingerprint density at radius 1 is 0.726 bits per heavy atom. The van der Waals surface area contributed by atoms with Crippen LogP contribution in [0, 0.1) is 5.92 Å². The number of ether oxygens (including phenoxy) is 4. The molecule has 73 heavy (non-hydrogen) atoms. The lowest BCUT2D eigenvalue weighted by Gasteiger charge is -2.28. The first-order chi connectivity index (χ1) is 36.1. The standard InChI is InChI=1S/C58H50N2O4S3.2C2H6.C2H4/c1-3-43(24-20-37(2)57-61-28-29-62-57)59(50-19-11-15-39-12-5-4-6-16-45(39)50)56-34-42-32-54-48(36-53(42)67-56)47-35-52-41(23-27-51(47)65-54)33-55(66-52)60(44-25-21-40(22-26-44)58-63-30-31-64-58)49-18-10-8-14-38-13-7-9-17-46(38)49;3*1-2/h3-7,9-15,17-26,32-37,57-58H,8,16,27-31H2,1-2H3;2*1-2H3;1-2H2/b24-20-,43-3+;;;. The van der Waals surface area contributed by atoms with Crippen LogP contribution in [0.1, 0.15) is 81.4 Å². The topological polar surface area (TPSA) is 43.4 Å². The van der Waals surface area contributed by atoms with Gasteiger partial charge in [0.25, 0.3) is 0 Å². The van der Waals surface area contributed by atoms with Gasteiger partial charge in [-0.1, -0.05) is 138 Å². The summed E-state index contributed by atoms with van der Waals surface area (Å²) < 4.78 is 27.4. The van der Waals surface area contributed by atoms with Gasteiger partial charge in [0.1, 0.15) is 10.0 Å². The summed E-state index contributed by atoms with van der Waals surface area (Å²) in [7, 11) is 0. The van der Waals surface area contributed by atoms with Crippen molar-refractivity contribution in [1.82, 2.24) is 0 Å². The van der Waals surface area contributed by atoms with Crippen LogP contribution in [0.2, 0.25) is 0 Å². The Kier molecular flexibility index (Phi) is 17.2. The maximum atomic E-state index is 5.89. The highest BCUT2D eigenvalue weighted by atomic mass is 32.1. The second-order valence-electron chi connectivity index (χ2n) is 17.4. The molecule has 9 heteroatoms. The van der Waals surface area contributed by atoms with Crippen LogP contribution >= 0.6 is 34.0 Å². The third-order valence-electron chi connectivity index (χ3n) is 13.2. The van der Waals surface area contributed by atoms with Crippen LogP contribution in [-0.2, 0) is 31.8 Å². The van der Waals surface area contributed by atoms with E-state index in [0.717, 1.165) is 41.9 Å². The summed E-state index contributed by atoms with van der Waals surface area (Å²) in [4.78, 5) is 6.31. The zero-order valence-corrected chi connectivity index (χ0v) is 45.4. The van der Waals surface area contributed by atoms with Crippen molar-refractivity contribution in [1.29, 1.82) is 0 Å². The monoisotopic (exact) mass is 1020 g/mol. The maximum absolute atomic E-state index is 5.89. The van der Waals surface area contributed by atoms with Gasteiger partial charge in [-0.3, -0.25) is 0 Å². The molecule has 2 aliphatic heterocycles. The molecule has 6 nitrogen and oxygen atoms in total. The first-order valence-corrected chi connectivity index (χ1v) is 28.2. The molecule has 374 valence electrons. The molecule has 0 saturated carbocycles. The normalized spacial score (nSPS) is 16.4.